The lowest BCUT2D eigenvalue weighted by Gasteiger charge is -2.17. The summed E-state index contributed by atoms with van der Waals surface area (Å²) in [5.41, 5.74) is 6.45. The molecule has 0 unspecified atom stereocenters. The highest BCUT2D eigenvalue weighted by Gasteiger charge is 2.27. The quantitative estimate of drug-likeness (QED) is 0.374. The number of aromatic amines is 1. The standard InChI is InChI=1S/C24H16F2N4O4S/c1-35(32,33)22-21(12-2-4-14(25)5-3-12)17-8-13-11-28-30-19(13)10-20(17)29-24(22)34-15-6-7-16(23(27)31)18(26)9-15/h2-11H,1H3,(H2,27,31)(H,28,30). The predicted octanol–water partition coefficient (Wildman–Crippen LogP) is 4.35. The van der Waals surface area contributed by atoms with Crippen molar-refractivity contribution in [3.05, 3.63) is 78.0 Å². The maximum Gasteiger partial charge on any atom is 0.251 e. The first-order chi connectivity index (χ1) is 16.6. The summed E-state index contributed by atoms with van der Waals surface area (Å²) in [6.07, 6.45) is 2.57. The molecule has 0 saturated carbocycles. The zero-order valence-corrected chi connectivity index (χ0v) is 18.9. The fourth-order valence-corrected chi connectivity index (χ4v) is 4.85. The number of primary amides is 1. The van der Waals surface area contributed by atoms with Gasteiger partial charge >= 0.3 is 0 Å². The van der Waals surface area contributed by atoms with Gasteiger partial charge in [-0.15, -0.1) is 0 Å². The minimum Gasteiger partial charge on any atom is -0.438 e. The van der Waals surface area contributed by atoms with E-state index in [2.05, 4.69) is 15.2 Å². The van der Waals surface area contributed by atoms with Crippen molar-refractivity contribution < 1.29 is 26.7 Å². The van der Waals surface area contributed by atoms with E-state index in [4.69, 9.17) is 10.5 Å². The van der Waals surface area contributed by atoms with Gasteiger partial charge in [0.05, 0.1) is 22.8 Å². The molecule has 8 nitrogen and oxygen atoms in total. The molecule has 2 aromatic heterocycles. The van der Waals surface area contributed by atoms with Gasteiger partial charge in [0, 0.05) is 28.7 Å². The summed E-state index contributed by atoms with van der Waals surface area (Å²) in [6.45, 7) is 0. The van der Waals surface area contributed by atoms with E-state index < -0.39 is 27.4 Å². The van der Waals surface area contributed by atoms with Crippen LogP contribution in [0.1, 0.15) is 10.4 Å². The fraction of sp³-hybridized carbons (Fsp3) is 0.0417. The molecule has 3 aromatic carbocycles. The Hall–Kier alpha value is -4.38. The number of carbonyl (C=O) groups excluding carboxylic acids is 1. The summed E-state index contributed by atoms with van der Waals surface area (Å²) in [5.74, 6) is -2.81. The highest BCUT2D eigenvalue weighted by molar-refractivity contribution is 7.91. The molecule has 5 rings (SSSR count). The first-order valence-electron chi connectivity index (χ1n) is 10.2. The number of halogens is 2. The number of nitrogens with two attached hydrogens (primary N) is 1. The third kappa shape index (κ3) is 4.06. The average Bonchev–Trinajstić information content (AvgIpc) is 3.24. The van der Waals surface area contributed by atoms with E-state index in [1.807, 2.05) is 0 Å². The molecule has 0 saturated heterocycles. The van der Waals surface area contributed by atoms with Crippen LogP contribution in [0.15, 0.2) is 65.7 Å². The van der Waals surface area contributed by atoms with Crippen molar-refractivity contribution in [2.45, 2.75) is 4.90 Å². The molecular formula is C24H16F2N4O4S. The van der Waals surface area contributed by atoms with Gasteiger partial charge in [0.2, 0.25) is 5.88 Å². The van der Waals surface area contributed by atoms with E-state index >= 15 is 0 Å². The number of hydrogen-bond acceptors (Lipinski definition) is 6. The van der Waals surface area contributed by atoms with Crippen molar-refractivity contribution in [2.75, 3.05) is 6.26 Å². The van der Waals surface area contributed by atoms with Crippen molar-refractivity contribution in [3.8, 4) is 22.8 Å². The molecule has 0 aliphatic rings. The van der Waals surface area contributed by atoms with Crippen LogP contribution in [0, 0.1) is 11.6 Å². The maximum atomic E-state index is 14.3. The number of hydrogen-bond donors (Lipinski definition) is 2. The van der Waals surface area contributed by atoms with Gasteiger partial charge in [-0.1, -0.05) is 12.1 Å². The Morgan fingerprint density at radius 3 is 2.46 bits per heavy atom. The minimum atomic E-state index is -3.98. The Kier molecular flexibility index (Phi) is 5.21. The number of aromatic nitrogens is 3. The molecule has 1 amide bonds. The minimum absolute atomic E-state index is 0.100. The molecule has 0 aliphatic heterocycles. The number of ether oxygens (including phenoxy) is 1. The zero-order valence-electron chi connectivity index (χ0n) is 18.0. The molecule has 5 aromatic rings. The van der Waals surface area contributed by atoms with Crippen molar-refractivity contribution in [3.63, 3.8) is 0 Å². The average molecular weight is 494 g/mol. The topological polar surface area (TPSA) is 128 Å². The maximum absolute atomic E-state index is 14.3. The summed E-state index contributed by atoms with van der Waals surface area (Å²) in [6, 6.07) is 12.0. The number of nitrogens with one attached hydrogen (secondary N) is 1. The van der Waals surface area contributed by atoms with Crippen LogP contribution in [0.2, 0.25) is 0 Å². The van der Waals surface area contributed by atoms with Crippen molar-refractivity contribution in [1.29, 1.82) is 0 Å². The molecule has 0 aliphatic carbocycles. The number of sulfone groups is 1. The summed E-state index contributed by atoms with van der Waals surface area (Å²) in [5, 5.41) is 8.00. The Morgan fingerprint density at radius 1 is 1.06 bits per heavy atom. The largest absolute Gasteiger partial charge is 0.438 e. The number of rotatable bonds is 5. The predicted molar refractivity (Wildman–Crippen MR) is 125 cm³/mol. The molecule has 0 radical (unpaired) electrons. The molecule has 2 heterocycles. The molecule has 35 heavy (non-hydrogen) atoms. The summed E-state index contributed by atoms with van der Waals surface area (Å²) < 4.78 is 59.8. The van der Waals surface area contributed by atoms with Gasteiger partial charge in [0.15, 0.2) is 9.84 Å². The van der Waals surface area contributed by atoms with Gasteiger partial charge in [-0.25, -0.2) is 22.2 Å². The van der Waals surface area contributed by atoms with Crippen molar-refractivity contribution in [2.24, 2.45) is 5.73 Å². The van der Waals surface area contributed by atoms with Crippen LogP contribution < -0.4 is 10.5 Å². The highest BCUT2D eigenvalue weighted by Crippen LogP contribution is 2.41. The van der Waals surface area contributed by atoms with Crippen molar-refractivity contribution in [1.82, 2.24) is 15.2 Å². The second kappa shape index (κ2) is 8.13. The summed E-state index contributed by atoms with van der Waals surface area (Å²) >= 11 is 0. The fourth-order valence-electron chi connectivity index (χ4n) is 3.85. The van der Waals surface area contributed by atoms with Crippen LogP contribution in [0.25, 0.3) is 32.9 Å². The molecule has 11 heteroatoms. The summed E-state index contributed by atoms with van der Waals surface area (Å²) in [4.78, 5) is 15.5. The Balaban J connectivity index is 1.83. The van der Waals surface area contributed by atoms with E-state index in [1.54, 1.807) is 18.3 Å². The number of pyridine rings is 1. The van der Waals surface area contributed by atoms with E-state index in [0.717, 1.165) is 18.4 Å². The Labute approximate surface area is 197 Å². The second-order valence-corrected chi connectivity index (χ2v) is 9.79. The number of benzene rings is 3. The molecule has 0 fully saturated rings. The van der Waals surface area contributed by atoms with Crippen LogP contribution >= 0.6 is 0 Å². The van der Waals surface area contributed by atoms with Gasteiger partial charge in [0.25, 0.3) is 5.91 Å². The number of H-pyrrole nitrogens is 1. The number of carbonyl (C=O) groups is 1. The lowest BCUT2D eigenvalue weighted by molar-refractivity contribution is 0.0996. The van der Waals surface area contributed by atoms with E-state index in [-0.39, 0.29) is 27.7 Å². The van der Waals surface area contributed by atoms with Crippen LogP contribution in [0.5, 0.6) is 11.6 Å². The van der Waals surface area contributed by atoms with Crippen LogP contribution in [-0.4, -0.2) is 35.8 Å². The van der Waals surface area contributed by atoms with Gasteiger partial charge in [-0.3, -0.25) is 9.89 Å². The van der Waals surface area contributed by atoms with Crippen LogP contribution in [0.4, 0.5) is 8.78 Å². The van der Waals surface area contributed by atoms with Gasteiger partial charge in [-0.2, -0.15) is 5.10 Å². The zero-order chi connectivity index (χ0) is 24.9. The molecule has 0 bridgehead atoms. The van der Waals surface area contributed by atoms with Crippen LogP contribution in [0.3, 0.4) is 0 Å². The van der Waals surface area contributed by atoms with E-state index in [0.29, 0.717) is 27.4 Å². The molecule has 176 valence electrons. The first kappa shape index (κ1) is 22.4. The van der Waals surface area contributed by atoms with Gasteiger partial charge in [0.1, 0.15) is 22.3 Å². The third-order valence-corrected chi connectivity index (χ3v) is 6.51. The lowest BCUT2D eigenvalue weighted by Crippen LogP contribution is -2.13. The number of amides is 1. The molecule has 0 atom stereocenters. The third-order valence-electron chi connectivity index (χ3n) is 5.39. The highest BCUT2D eigenvalue weighted by atomic mass is 32.2. The lowest BCUT2D eigenvalue weighted by atomic mass is 10.00. The Bertz CT molecular complexity index is 1750. The molecular weight excluding hydrogens is 478 g/mol. The number of fused-ring (bicyclic) bond motifs is 2. The first-order valence-corrected chi connectivity index (χ1v) is 12.0. The summed E-state index contributed by atoms with van der Waals surface area (Å²) in [7, 11) is -3.98. The van der Waals surface area contributed by atoms with Gasteiger partial charge in [-0.05, 0) is 42.0 Å². The van der Waals surface area contributed by atoms with Crippen molar-refractivity contribution >= 4 is 37.6 Å². The Morgan fingerprint density at radius 2 is 1.80 bits per heavy atom. The van der Waals surface area contributed by atoms with E-state index in [9.17, 15) is 22.0 Å². The van der Waals surface area contributed by atoms with Gasteiger partial charge < -0.3 is 10.5 Å². The smallest absolute Gasteiger partial charge is 0.251 e. The number of nitrogens with zero attached hydrogens (tertiary/aromatic N) is 2. The molecule has 0 spiro atoms. The SMILES string of the molecule is CS(=O)(=O)c1c(Oc2ccc(C(N)=O)c(F)c2)nc2cc3[nH]ncc3cc2c1-c1ccc(F)cc1. The van der Waals surface area contributed by atoms with E-state index in [1.165, 1.54) is 30.3 Å². The molecule has 3 N–H and O–H groups in total. The monoisotopic (exact) mass is 494 g/mol. The van der Waals surface area contributed by atoms with Crippen LogP contribution in [-0.2, 0) is 9.84 Å². The normalized spacial score (nSPS) is 11.7. The second-order valence-electron chi connectivity index (χ2n) is 7.83.